The zero-order valence-corrected chi connectivity index (χ0v) is 12.2. The molecule has 0 heterocycles. The van der Waals surface area contributed by atoms with E-state index in [1.165, 1.54) is 19.3 Å². The molecule has 2 N–H and O–H groups in total. The van der Waals surface area contributed by atoms with Gasteiger partial charge in [0.25, 0.3) is 5.91 Å². The normalized spacial score (nSPS) is 17.8. The Balaban J connectivity index is 2.11. The van der Waals surface area contributed by atoms with Gasteiger partial charge in [-0.15, -0.1) is 0 Å². The van der Waals surface area contributed by atoms with Crippen LogP contribution < -0.4 is 10.6 Å². The molecule has 0 saturated heterocycles. The van der Waals surface area contributed by atoms with Crippen molar-refractivity contribution in [3.63, 3.8) is 0 Å². The molecule has 0 aromatic heterocycles. The highest BCUT2D eigenvalue weighted by Gasteiger charge is 2.28. The highest BCUT2D eigenvalue weighted by atomic mass is 16.1. The Bertz CT molecular complexity index is 462. The highest BCUT2D eigenvalue weighted by Crippen LogP contribution is 2.28. The van der Waals surface area contributed by atoms with Gasteiger partial charge in [-0.1, -0.05) is 19.3 Å². The first kappa shape index (κ1) is 13.9. The molecule has 1 fully saturated rings. The van der Waals surface area contributed by atoms with Gasteiger partial charge in [0.1, 0.15) is 0 Å². The summed E-state index contributed by atoms with van der Waals surface area (Å²) in [6.45, 7) is 4.15. The lowest BCUT2D eigenvalue weighted by atomic mass is 9.83. The van der Waals surface area contributed by atoms with E-state index in [0.29, 0.717) is 0 Å². The summed E-state index contributed by atoms with van der Waals surface area (Å²) in [5.41, 5.74) is 2.82. The van der Waals surface area contributed by atoms with Crippen LogP contribution in [0.4, 0.5) is 5.69 Å². The van der Waals surface area contributed by atoms with Crippen molar-refractivity contribution < 1.29 is 4.79 Å². The minimum atomic E-state index is -0.0244. The fourth-order valence-electron chi connectivity index (χ4n) is 2.87. The van der Waals surface area contributed by atoms with Crippen molar-refractivity contribution >= 4 is 11.6 Å². The van der Waals surface area contributed by atoms with Crippen molar-refractivity contribution in [3.05, 3.63) is 29.3 Å². The average Bonchev–Trinajstić information content (AvgIpc) is 2.38. The molecule has 0 aliphatic heterocycles. The minimum absolute atomic E-state index is 0.0244. The number of hydrogen-bond donors (Lipinski definition) is 2. The number of nitrogens with one attached hydrogen (secondary N) is 2. The molecule has 1 aliphatic rings. The first-order chi connectivity index (χ1) is 9.04. The topological polar surface area (TPSA) is 41.1 Å². The second-order valence-electron chi connectivity index (χ2n) is 5.86. The second-order valence-corrected chi connectivity index (χ2v) is 5.86. The van der Waals surface area contributed by atoms with E-state index in [9.17, 15) is 4.79 Å². The fourth-order valence-corrected chi connectivity index (χ4v) is 2.87. The molecule has 1 saturated carbocycles. The molecule has 0 spiro atoms. The first-order valence-electron chi connectivity index (χ1n) is 7.15. The SMILES string of the molecule is CNc1ccc(C(=O)NC2(C)CCCCC2)c(C)c1. The smallest absolute Gasteiger partial charge is 0.251 e. The van der Waals surface area contributed by atoms with Gasteiger partial charge in [0, 0.05) is 23.8 Å². The number of rotatable bonds is 3. The summed E-state index contributed by atoms with van der Waals surface area (Å²) in [5.74, 6) is 0.0598. The molecule has 1 aromatic carbocycles. The van der Waals surface area contributed by atoms with Gasteiger partial charge >= 0.3 is 0 Å². The maximum atomic E-state index is 12.4. The number of carbonyl (C=O) groups excluding carboxylic acids is 1. The van der Waals surface area contributed by atoms with Crippen LogP contribution in [-0.4, -0.2) is 18.5 Å². The number of hydrogen-bond acceptors (Lipinski definition) is 2. The Morgan fingerprint density at radius 1 is 1.21 bits per heavy atom. The van der Waals surface area contributed by atoms with Crippen LogP contribution in [0.2, 0.25) is 0 Å². The van der Waals surface area contributed by atoms with Crippen molar-refractivity contribution in [2.24, 2.45) is 0 Å². The molecule has 0 unspecified atom stereocenters. The monoisotopic (exact) mass is 260 g/mol. The van der Waals surface area contributed by atoms with Gasteiger partial charge < -0.3 is 10.6 Å². The molecular weight excluding hydrogens is 236 g/mol. The van der Waals surface area contributed by atoms with Gasteiger partial charge in [-0.25, -0.2) is 0 Å². The molecule has 104 valence electrons. The van der Waals surface area contributed by atoms with Gasteiger partial charge in [0.05, 0.1) is 0 Å². The van der Waals surface area contributed by atoms with Crippen molar-refractivity contribution in [1.82, 2.24) is 5.32 Å². The third-order valence-corrected chi connectivity index (χ3v) is 4.13. The molecule has 3 nitrogen and oxygen atoms in total. The van der Waals surface area contributed by atoms with Gasteiger partial charge in [-0.3, -0.25) is 4.79 Å². The van der Waals surface area contributed by atoms with Crippen molar-refractivity contribution in [2.45, 2.75) is 51.5 Å². The summed E-state index contributed by atoms with van der Waals surface area (Å²) in [7, 11) is 1.89. The Morgan fingerprint density at radius 3 is 2.47 bits per heavy atom. The van der Waals surface area contributed by atoms with Crippen LogP contribution in [0.25, 0.3) is 0 Å². The zero-order chi connectivity index (χ0) is 13.9. The molecule has 2 rings (SSSR count). The molecule has 1 aromatic rings. The van der Waals surface area contributed by atoms with E-state index < -0.39 is 0 Å². The van der Waals surface area contributed by atoms with Gasteiger partial charge in [-0.05, 0) is 50.5 Å². The van der Waals surface area contributed by atoms with Crippen LogP contribution in [0.15, 0.2) is 18.2 Å². The van der Waals surface area contributed by atoms with E-state index in [4.69, 9.17) is 0 Å². The van der Waals surface area contributed by atoms with Gasteiger partial charge in [-0.2, -0.15) is 0 Å². The van der Waals surface area contributed by atoms with Gasteiger partial charge in [0.2, 0.25) is 0 Å². The first-order valence-corrected chi connectivity index (χ1v) is 7.15. The number of amides is 1. The largest absolute Gasteiger partial charge is 0.388 e. The Kier molecular flexibility index (Phi) is 4.13. The summed E-state index contributed by atoms with van der Waals surface area (Å²) in [5, 5.41) is 6.32. The summed E-state index contributed by atoms with van der Waals surface area (Å²) in [6, 6.07) is 5.87. The van der Waals surface area contributed by atoms with Crippen LogP contribution in [0.3, 0.4) is 0 Å². The molecule has 0 bridgehead atoms. The van der Waals surface area contributed by atoms with Crippen molar-refractivity contribution in [1.29, 1.82) is 0 Å². The van der Waals surface area contributed by atoms with Crippen LogP contribution in [-0.2, 0) is 0 Å². The van der Waals surface area contributed by atoms with E-state index in [-0.39, 0.29) is 11.4 Å². The van der Waals surface area contributed by atoms with Crippen molar-refractivity contribution in [2.75, 3.05) is 12.4 Å². The molecule has 3 heteroatoms. The molecule has 1 aliphatic carbocycles. The van der Waals surface area contributed by atoms with Crippen LogP contribution in [0.1, 0.15) is 54.9 Å². The fraction of sp³-hybridized carbons (Fsp3) is 0.562. The Labute approximate surface area is 115 Å². The standard InChI is InChI=1S/C16H24N2O/c1-12-11-13(17-3)7-8-14(12)15(19)18-16(2)9-5-4-6-10-16/h7-8,11,17H,4-6,9-10H2,1-3H3,(H,18,19). The van der Waals surface area contributed by atoms with Crippen LogP contribution >= 0.6 is 0 Å². The third-order valence-electron chi connectivity index (χ3n) is 4.13. The molecule has 0 radical (unpaired) electrons. The van der Waals surface area contributed by atoms with E-state index in [0.717, 1.165) is 29.7 Å². The lowest BCUT2D eigenvalue weighted by Crippen LogP contribution is -2.47. The number of anilines is 1. The van der Waals surface area contributed by atoms with E-state index in [1.54, 1.807) is 0 Å². The van der Waals surface area contributed by atoms with E-state index >= 15 is 0 Å². The maximum absolute atomic E-state index is 12.4. The maximum Gasteiger partial charge on any atom is 0.251 e. The Morgan fingerprint density at radius 2 is 1.89 bits per heavy atom. The molecule has 19 heavy (non-hydrogen) atoms. The molecular formula is C16H24N2O. The highest BCUT2D eigenvalue weighted by molar-refractivity contribution is 5.96. The lowest BCUT2D eigenvalue weighted by molar-refractivity contribution is 0.0882. The average molecular weight is 260 g/mol. The van der Waals surface area contributed by atoms with Crippen molar-refractivity contribution in [3.8, 4) is 0 Å². The quantitative estimate of drug-likeness (QED) is 0.873. The Hall–Kier alpha value is -1.51. The summed E-state index contributed by atoms with van der Waals surface area (Å²) in [6.07, 6.45) is 5.91. The lowest BCUT2D eigenvalue weighted by Gasteiger charge is -2.34. The number of benzene rings is 1. The summed E-state index contributed by atoms with van der Waals surface area (Å²) in [4.78, 5) is 12.4. The van der Waals surface area contributed by atoms with E-state index in [2.05, 4.69) is 17.6 Å². The molecule has 1 amide bonds. The predicted molar refractivity (Wildman–Crippen MR) is 79.7 cm³/mol. The zero-order valence-electron chi connectivity index (χ0n) is 12.2. The van der Waals surface area contributed by atoms with Crippen LogP contribution in [0.5, 0.6) is 0 Å². The predicted octanol–water partition coefficient (Wildman–Crippen LogP) is 3.49. The molecule has 0 atom stereocenters. The van der Waals surface area contributed by atoms with Crippen LogP contribution in [0, 0.1) is 6.92 Å². The van der Waals surface area contributed by atoms with Gasteiger partial charge in [0.15, 0.2) is 0 Å². The number of carbonyl (C=O) groups is 1. The van der Waals surface area contributed by atoms with E-state index in [1.807, 2.05) is 32.2 Å². The number of aryl methyl sites for hydroxylation is 1. The second kappa shape index (κ2) is 5.64. The summed E-state index contributed by atoms with van der Waals surface area (Å²) >= 11 is 0. The summed E-state index contributed by atoms with van der Waals surface area (Å²) < 4.78 is 0. The third kappa shape index (κ3) is 3.28. The minimum Gasteiger partial charge on any atom is -0.388 e.